The lowest BCUT2D eigenvalue weighted by molar-refractivity contribution is -0.126. The lowest BCUT2D eigenvalue weighted by Gasteiger charge is -2.32. The van der Waals surface area contributed by atoms with Crippen LogP contribution in [0, 0.1) is 17.2 Å². The van der Waals surface area contributed by atoms with Gasteiger partial charge in [-0.2, -0.15) is 5.26 Å². The molecule has 178 valence electrons. The fraction of sp³-hybridized carbons (Fsp3) is 0.464. The predicted octanol–water partition coefficient (Wildman–Crippen LogP) is 3.87. The second-order valence-electron chi connectivity index (χ2n) is 9.60. The molecule has 2 aliphatic rings. The van der Waals surface area contributed by atoms with Crippen molar-refractivity contribution in [3.8, 4) is 17.2 Å². The summed E-state index contributed by atoms with van der Waals surface area (Å²) < 4.78 is 0. The molecule has 6 nitrogen and oxygen atoms in total. The molecule has 1 aliphatic heterocycles. The molecule has 1 atom stereocenters. The molecule has 2 aromatic rings. The second kappa shape index (κ2) is 11.3. The summed E-state index contributed by atoms with van der Waals surface area (Å²) in [6, 6.07) is 17.6. The molecule has 1 heterocycles. The lowest BCUT2D eigenvalue weighted by atomic mass is 9.88. The number of nitriles is 1. The van der Waals surface area contributed by atoms with E-state index in [9.17, 15) is 14.9 Å². The van der Waals surface area contributed by atoms with Crippen molar-refractivity contribution in [2.24, 2.45) is 5.92 Å². The highest BCUT2D eigenvalue weighted by molar-refractivity contribution is 5.94. The van der Waals surface area contributed by atoms with E-state index < -0.39 is 6.04 Å². The van der Waals surface area contributed by atoms with Crippen LogP contribution in [0.2, 0.25) is 0 Å². The third kappa shape index (κ3) is 6.03. The summed E-state index contributed by atoms with van der Waals surface area (Å²) in [5.74, 6) is 0.167. The maximum atomic E-state index is 12.8. The van der Waals surface area contributed by atoms with Crippen LogP contribution < -0.4 is 5.32 Å². The summed E-state index contributed by atoms with van der Waals surface area (Å²) in [6.45, 7) is 3.35. The molecule has 2 aromatic carbocycles. The van der Waals surface area contributed by atoms with Gasteiger partial charge in [-0.1, -0.05) is 55.7 Å². The molecule has 2 fully saturated rings. The van der Waals surface area contributed by atoms with E-state index in [0.717, 1.165) is 74.1 Å². The van der Waals surface area contributed by atoms with Crippen molar-refractivity contribution < 1.29 is 9.59 Å². The van der Waals surface area contributed by atoms with E-state index in [4.69, 9.17) is 0 Å². The minimum Gasteiger partial charge on any atom is -0.340 e. The molecule has 0 unspecified atom stereocenters. The fourth-order valence-corrected chi connectivity index (χ4v) is 4.85. The second-order valence-corrected chi connectivity index (χ2v) is 9.60. The Bertz CT molecular complexity index is 1010. The van der Waals surface area contributed by atoms with Gasteiger partial charge in [0.2, 0.25) is 5.91 Å². The first-order valence-corrected chi connectivity index (χ1v) is 12.4. The summed E-state index contributed by atoms with van der Waals surface area (Å²) in [4.78, 5) is 29.4. The molecule has 1 N–H and O–H groups in total. The van der Waals surface area contributed by atoms with Crippen molar-refractivity contribution in [2.45, 2.75) is 44.6 Å². The van der Waals surface area contributed by atoms with Crippen LogP contribution in [0.4, 0.5) is 0 Å². The normalized spacial score (nSPS) is 18.2. The smallest absolute Gasteiger partial charge is 0.253 e. The van der Waals surface area contributed by atoms with Crippen molar-refractivity contribution in [3.63, 3.8) is 0 Å². The molecular formula is C28H34N4O2. The first kappa shape index (κ1) is 24.0. The van der Waals surface area contributed by atoms with Gasteiger partial charge in [0.05, 0.1) is 6.07 Å². The molecule has 0 bridgehead atoms. The maximum absolute atomic E-state index is 12.8. The predicted molar refractivity (Wildman–Crippen MR) is 133 cm³/mol. The van der Waals surface area contributed by atoms with Gasteiger partial charge < -0.3 is 15.1 Å². The molecule has 34 heavy (non-hydrogen) atoms. The van der Waals surface area contributed by atoms with E-state index >= 15 is 0 Å². The summed E-state index contributed by atoms with van der Waals surface area (Å²) in [6.07, 6.45) is 5.75. The number of hydrogen-bond acceptors (Lipinski definition) is 4. The van der Waals surface area contributed by atoms with E-state index in [1.165, 1.54) is 6.42 Å². The van der Waals surface area contributed by atoms with Crippen LogP contribution in [0.1, 0.15) is 48.0 Å². The van der Waals surface area contributed by atoms with Gasteiger partial charge in [-0.25, -0.2) is 0 Å². The lowest BCUT2D eigenvalue weighted by Crippen LogP contribution is -2.47. The Morgan fingerprint density at radius 1 is 0.941 bits per heavy atom. The van der Waals surface area contributed by atoms with Crippen molar-refractivity contribution in [3.05, 3.63) is 59.7 Å². The molecule has 1 saturated carbocycles. The van der Waals surface area contributed by atoms with E-state index in [1.54, 1.807) is 0 Å². The SMILES string of the molecule is CN1CCN(C(=O)c2ccc(-c3ccc(C[C@@H](C#N)NC(=O)C4CCCCC4)cc3)cc2)CC1. The molecule has 4 rings (SSSR count). The molecule has 6 heteroatoms. The standard InChI is InChI=1S/C28H34N4O2/c1-31-15-17-32(18-16-31)28(34)25-13-11-23(12-14-25)22-9-7-21(8-10-22)19-26(20-29)30-27(33)24-5-3-2-4-6-24/h7-14,24,26H,2-6,15-19H2,1H3,(H,30,33)/t26-/m0/s1. The number of rotatable bonds is 6. The third-order valence-corrected chi connectivity index (χ3v) is 7.10. The maximum Gasteiger partial charge on any atom is 0.253 e. The number of carbonyl (C=O) groups excluding carboxylic acids is 2. The molecule has 2 amide bonds. The minimum atomic E-state index is -0.514. The highest BCUT2D eigenvalue weighted by atomic mass is 16.2. The van der Waals surface area contributed by atoms with Crippen LogP contribution in [0.15, 0.2) is 48.5 Å². The van der Waals surface area contributed by atoms with Gasteiger partial charge in [0.25, 0.3) is 5.91 Å². The molecule has 1 saturated heterocycles. The van der Waals surface area contributed by atoms with Crippen molar-refractivity contribution >= 4 is 11.8 Å². The quantitative estimate of drug-likeness (QED) is 0.713. The minimum absolute atomic E-state index is 0.0223. The number of likely N-dealkylation sites (N-methyl/N-ethyl adjacent to an activating group) is 1. The molecule has 0 spiro atoms. The van der Waals surface area contributed by atoms with Crippen molar-refractivity contribution in [1.82, 2.24) is 15.1 Å². The van der Waals surface area contributed by atoms with Gasteiger partial charge >= 0.3 is 0 Å². The van der Waals surface area contributed by atoms with Crippen LogP contribution in [0.25, 0.3) is 11.1 Å². The van der Waals surface area contributed by atoms with E-state index in [0.29, 0.717) is 6.42 Å². The van der Waals surface area contributed by atoms with E-state index in [2.05, 4.69) is 23.3 Å². The summed E-state index contributed by atoms with van der Waals surface area (Å²) in [7, 11) is 2.08. The molecular weight excluding hydrogens is 424 g/mol. The van der Waals surface area contributed by atoms with Crippen molar-refractivity contribution in [2.75, 3.05) is 33.2 Å². The molecule has 0 radical (unpaired) electrons. The first-order valence-electron chi connectivity index (χ1n) is 12.4. The van der Waals surface area contributed by atoms with Gasteiger partial charge in [-0.3, -0.25) is 9.59 Å². The van der Waals surface area contributed by atoms with Gasteiger partial charge in [0.1, 0.15) is 6.04 Å². The Morgan fingerprint density at radius 2 is 1.53 bits per heavy atom. The average Bonchev–Trinajstić information content (AvgIpc) is 2.89. The van der Waals surface area contributed by atoms with Crippen LogP contribution in [0.5, 0.6) is 0 Å². The van der Waals surface area contributed by atoms with Gasteiger partial charge in [0.15, 0.2) is 0 Å². The summed E-state index contributed by atoms with van der Waals surface area (Å²) in [5.41, 5.74) is 3.84. The van der Waals surface area contributed by atoms with Crippen LogP contribution in [-0.4, -0.2) is 60.9 Å². The largest absolute Gasteiger partial charge is 0.340 e. The number of piperazine rings is 1. The Hall–Kier alpha value is -3.17. The number of nitrogens with zero attached hydrogens (tertiary/aromatic N) is 3. The third-order valence-electron chi connectivity index (χ3n) is 7.10. The summed E-state index contributed by atoms with van der Waals surface area (Å²) in [5, 5.41) is 12.5. The Kier molecular flexibility index (Phi) is 7.97. The van der Waals surface area contributed by atoms with Gasteiger partial charge in [-0.05, 0) is 48.7 Å². The molecule has 0 aromatic heterocycles. The Morgan fingerprint density at radius 3 is 2.12 bits per heavy atom. The number of amides is 2. The summed E-state index contributed by atoms with van der Waals surface area (Å²) >= 11 is 0. The van der Waals surface area contributed by atoms with Gasteiger partial charge in [-0.15, -0.1) is 0 Å². The Balaban J connectivity index is 1.34. The number of nitrogens with one attached hydrogen (secondary N) is 1. The van der Waals surface area contributed by atoms with E-state index in [1.807, 2.05) is 53.4 Å². The van der Waals surface area contributed by atoms with E-state index in [-0.39, 0.29) is 17.7 Å². The van der Waals surface area contributed by atoms with Gasteiger partial charge in [0, 0.05) is 44.1 Å². The average molecular weight is 459 g/mol. The van der Waals surface area contributed by atoms with Crippen LogP contribution in [-0.2, 0) is 11.2 Å². The Labute approximate surface area is 202 Å². The zero-order valence-corrected chi connectivity index (χ0v) is 20.0. The number of benzene rings is 2. The number of hydrogen-bond donors (Lipinski definition) is 1. The van der Waals surface area contributed by atoms with Crippen LogP contribution in [0.3, 0.4) is 0 Å². The zero-order valence-electron chi connectivity index (χ0n) is 20.0. The monoisotopic (exact) mass is 458 g/mol. The number of carbonyl (C=O) groups is 2. The highest BCUT2D eigenvalue weighted by Crippen LogP contribution is 2.24. The zero-order chi connectivity index (χ0) is 23.9. The topological polar surface area (TPSA) is 76.4 Å². The highest BCUT2D eigenvalue weighted by Gasteiger charge is 2.23. The van der Waals surface area contributed by atoms with Crippen molar-refractivity contribution in [1.29, 1.82) is 5.26 Å². The van der Waals surface area contributed by atoms with Crippen LogP contribution >= 0.6 is 0 Å². The fourth-order valence-electron chi connectivity index (χ4n) is 4.85. The first-order chi connectivity index (χ1) is 16.5. The molecule has 1 aliphatic carbocycles.